The van der Waals surface area contributed by atoms with E-state index in [-0.39, 0.29) is 6.29 Å². The Morgan fingerprint density at radius 3 is 2.68 bits per heavy atom. The van der Waals surface area contributed by atoms with Gasteiger partial charge in [0.1, 0.15) is 5.75 Å². The van der Waals surface area contributed by atoms with Crippen LogP contribution >= 0.6 is 0 Å². The smallest absolute Gasteiger partial charge is 0.421 e. The van der Waals surface area contributed by atoms with Gasteiger partial charge in [0, 0.05) is 25.4 Å². The molecular formula is C22H29NO5. The SMILES string of the molecule is CCC(OC(=O)N1C=CCC=C1)Oc1ccc(CCOC2CCCCO2)cc1. The van der Waals surface area contributed by atoms with E-state index in [0.29, 0.717) is 18.8 Å². The number of carbonyl (C=O) groups is 1. The number of hydrogen-bond acceptors (Lipinski definition) is 5. The molecule has 1 amide bonds. The summed E-state index contributed by atoms with van der Waals surface area (Å²) < 4.78 is 22.6. The first-order chi connectivity index (χ1) is 13.7. The summed E-state index contributed by atoms with van der Waals surface area (Å²) >= 11 is 0. The Balaban J connectivity index is 1.42. The number of benzene rings is 1. The summed E-state index contributed by atoms with van der Waals surface area (Å²) in [5, 5.41) is 0. The lowest BCUT2D eigenvalue weighted by atomic mass is 10.1. The lowest BCUT2D eigenvalue weighted by molar-refractivity contribution is -0.161. The summed E-state index contributed by atoms with van der Waals surface area (Å²) in [6.07, 6.45) is 11.5. The summed E-state index contributed by atoms with van der Waals surface area (Å²) in [4.78, 5) is 13.6. The van der Waals surface area contributed by atoms with Crippen LogP contribution in [-0.4, -0.2) is 36.8 Å². The van der Waals surface area contributed by atoms with Crippen molar-refractivity contribution in [1.29, 1.82) is 0 Å². The Kier molecular flexibility index (Phi) is 7.94. The minimum absolute atomic E-state index is 0.0547. The molecule has 3 rings (SSSR count). The van der Waals surface area contributed by atoms with Crippen molar-refractivity contribution in [1.82, 2.24) is 4.90 Å². The molecular weight excluding hydrogens is 358 g/mol. The molecule has 2 unspecified atom stereocenters. The highest BCUT2D eigenvalue weighted by Gasteiger charge is 2.18. The molecule has 0 bridgehead atoms. The van der Waals surface area contributed by atoms with E-state index in [1.165, 1.54) is 11.3 Å². The second-order valence-electron chi connectivity index (χ2n) is 6.81. The van der Waals surface area contributed by atoms with E-state index in [9.17, 15) is 4.79 Å². The maximum Gasteiger partial charge on any atom is 0.421 e. The fourth-order valence-corrected chi connectivity index (χ4v) is 3.00. The highest BCUT2D eigenvalue weighted by atomic mass is 16.7. The molecule has 6 heteroatoms. The van der Waals surface area contributed by atoms with Gasteiger partial charge in [0.2, 0.25) is 6.29 Å². The van der Waals surface area contributed by atoms with Crippen molar-refractivity contribution < 1.29 is 23.7 Å². The van der Waals surface area contributed by atoms with Crippen LogP contribution in [0.3, 0.4) is 0 Å². The van der Waals surface area contributed by atoms with E-state index < -0.39 is 12.4 Å². The van der Waals surface area contributed by atoms with Gasteiger partial charge in [-0.2, -0.15) is 0 Å². The van der Waals surface area contributed by atoms with Gasteiger partial charge in [-0.1, -0.05) is 31.2 Å². The largest absolute Gasteiger partial charge is 0.455 e. The third kappa shape index (κ3) is 6.39. The van der Waals surface area contributed by atoms with E-state index >= 15 is 0 Å². The molecule has 6 nitrogen and oxygen atoms in total. The summed E-state index contributed by atoms with van der Waals surface area (Å²) in [5.41, 5.74) is 1.16. The maximum absolute atomic E-state index is 12.2. The molecule has 0 radical (unpaired) electrons. The van der Waals surface area contributed by atoms with Crippen LogP contribution in [0.25, 0.3) is 0 Å². The number of amides is 1. The topological polar surface area (TPSA) is 57.2 Å². The standard InChI is InChI=1S/C22H29NO5/c1-2-20(28-22(24)23-14-5-3-6-15-23)27-19-11-9-18(10-12-19)13-17-26-21-8-4-7-16-25-21/h5-6,9-12,14-15,20-21H,2-4,7-8,13,16-17H2,1H3. The van der Waals surface area contributed by atoms with Gasteiger partial charge >= 0.3 is 6.09 Å². The monoisotopic (exact) mass is 387 g/mol. The van der Waals surface area contributed by atoms with E-state index in [1.807, 2.05) is 43.3 Å². The fourth-order valence-electron chi connectivity index (χ4n) is 3.00. The molecule has 28 heavy (non-hydrogen) atoms. The molecule has 1 fully saturated rings. The number of rotatable bonds is 8. The zero-order valence-electron chi connectivity index (χ0n) is 16.4. The molecule has 2 heterocycles. The number of hydrogen-bond donors (Lipinski definition) is 0. The van der Waals surface area contributed by atoms with Crippen LogP contribution in [-0.2, 0) is 20.6 Å². The molecule has 152 valence electrons. The third-order valence-electron chi connectivity index (χ3n) is 4.60. The van der Waals surface area contributed by atoms with Crippen molar-refractivity contribution in [3.8, 4) is 5.75 Å². The van der Waals surface area contributed by atoms with E-state index in [4.69, 9.17) is 18.9 Å². The Bertz CT molecular complexity index is 652. The first-order valence-corrected chi connectivity index (χ1v) is 10.1. The average molecular weight is 387 g/mol. The van der Waals surface area contributed by atoms with Gasteiger partial charge in [0.25, 0.3) is 0 Å². The second kappa shape index (κ2) is 10.9. The average Bonchev–Trinajstić information content (AvgIpc) is 2.75. The van der Waals surface area contributed by atoms with Gasteiger partial charge in [-0.3, -0.25) is 4.90 Å². The van der Waals surface area contributed by atoms with Gasteiger partial charge in [0.05, 0.1) is 6.61 Å². The van der Waals surface area contributed by atoms with Crippen LogP contribution in [0.2, 0.25) is 0 Å². The highest BCUT2D eigenvalue weighted by molar-refractivity contribution is 5.70. The molecule has 0 saturated carbocycles. The van der Waals surface area contributed by atoms with Gasteiger partial charge < -0.3 is 18.9 Å². The first-order valence-electron chi connectivity index (χ1n) is 10.1. The van der Waals surface area contributed by atoms with Crippen molar-refractivity contribution in [3.63, 3.8) is 0 Å². The minimum atomic E-state index is -0.631. The van der Waals surface area contributed by atoms with Crippen LogP contribution in [0, 0.1) is 0 Å². The summed E-state index contributed by atoms with van der Waals surface area (Å²) in [7, 11) is 0. The molecule has 0 spiro atoms. The predicted octanol–water partition coefficient (Wildman–Crippen LogP) is 4.76. The highest BCUT2D eigenvalue weighted by Crippen LogP contribution is 2.18. The van der Waals surface area contributed by atoms with Crippen LogP contribution in [0.5, 0.6) is 5.75 Å². The molecule has 0 aromatic heterocycles. The van der Waals surface area contributed by atoms with Crippen LogP contribution < -0.4 is 4.74 Å². The van der Waals surface area contributed by atoms with E-state index in [1.54, 1.807) is 12.4 Å². The molecule has 1 aromatic carbocycles. The van der Waals surface area contributed by atoms with Crippen LogP contribution in [0.1, 0.15) is 44.6 Å². The van der Waals surface area contributed by atoms with E-state index in [2.05, 4.69) is 0 Å². The molecule has 1 saturated heterocycles. The summed E-state index contributed by atoms with van der Waals surface area (Å²) in [6, 6.07) is 7.80. The lowest BCUT2D eigenvalue weighted by Crippen LogP contribution is -2.30. The van der Waals surface area contributed by atoms with Crippen molar-refractivity contribution in [2.75, 3.05) is 13.2 Å². The lowest BCUT2D eigenvalue weighted by Gasteiger charge is -2.23. The van der Waals surface area contributed by atoms with Gasteiger partial charge in [-0.05, 0) is 49.8 Å². The zero-order chi connectivity index (χ0) is 19.6. The van der Waals surface area contributed by atoms with Gasteiger partial charge in [0.15, 0.2) is 6.29 Å². The van der Waals surface area contributed by atoms with Gasteiger partial charge in [-0.15, -0.1) is 0 Å². The molecule has 2 atom stereocenters. The Labute approximate surface area is 166 Å². The summed E-state index contributed by atoms with van der Waals surface area (Å²) in [5.74, 6) is 0.671. The van der Waals surface area contributed by atoms with Crippen molar-refractivity contribution in [2.24, 2.45) is 0 Å². The van der Waals surface area contributed by atoms with Crippen LogP contribution in [0.4, 0.5) is 4.79 Å². The predicted molar refractivity (Wildman–Crippen MR) is 106 cm³/mol. The van der Waals surface area contributed by atoms with Crippen molar-refractivity contribution in [2.45, 2.75) is 58.0 Å². The van der Waals surface area contributed by atoms with Crippen molar-refractivity contribution >= 4 is 6.09 Å². The normalized spacial score (nSPS) is 20.0. The number of nitrogens with zero attached hydrogens (tertiary/aromatic N) is 1. The molecule has 1 aromatic rings. The zero-order valence-corrected chi connectivity index (χ0v) is 16.4. The van der Waals surface area contributed by atoms with Crippen molar-refractivity contribution in [3.05, 3.63) is 54.4 Å². The Morgan fingerprint density at radius 1 is 1.21 bits per heavy atom. The molecule has 2 aliphatic rings. The Hall–Kier alpha value is -2.31. The Morgan fingerprint density at radius 2 is 2.00 bits per heavy atom. The van der Waals surface area contributed by atoms with E-state index in [0.717, 1.165) is 37.9 Å². The van der Waals surface area contributed by atoms with Crippen LogP contribution in [0.15, 0.2) is 48.8 Å². The van der Waals surface area contributed by atoms with Gasteiger partial charge in [-0.25, -0.2) is 4.79 Å². The second-order valence-corrected chi connectivity index (χ2v) is 6.81. The molecule has 0 aliphatic carbocycles. The number of carbonyl (C=O) groups excluding carboxylic acids is 1. The summed E-state index contributed by atoms with van der Waals surface area (Å²) in [6.45, 7) is 3.35. The minimum Gasteiger partial charge on any atom is -0.455 e. The molecule has 2 aliphatic heterocycles. The quantitative estimate of drug-likeness (QED) is 0.602. The number of ether oxygens (including phenoxy) is 4. The number of allylic oxidation sites excluding steroid dienone is 2. The molecule has 0 N–H and O–H groups in total. The maximum atomic E-state index is 12.2. The third-order valence-corrected chi connectivity index (χ3v) is 4.60. The first kappa shape index (κ1) is 20.4. The fraction of sp³-hybridized carbons (Fsp3) is 0.500.